The van der Waals surface area contributed by atoms with Gasteiger partial charge in [0.2, 0.25) is 0 Å². The van der Waals surface area contributed by atoms with Crippen LogP contribution in [0.5, 0.6) is 0 Å². The topological polar surface area (TPSA) is 9.86 Å². The van der Waals surface area contributed by atoms with E-state index in [0.717, 1.165) is 0 Å². The normalized spacial score (nSPS) is 14.3. The predicted molar refractivity (Wildman–Crippen MR) is 306 cm³/mol. The van der Waals surface area contributed by atoms with Gasteiger partial charge in [-0.2, -0.15) is 0 Å². The number of hydrogen-bond acceptors (Lipinski definition) is 0. The molecule has 0 saturated heterocycles. The molecule has 338 valence electrons. The molecule has 14 aromatic rings. The molecule has 2 heteroatoms. The van der Waals surface area contributed by atoms with E-state index < -0.39 is 0 Å². The van der Waals surface area contributed by atoms with Crippen LogP contribution in [0.2, 0.25) is 0 Å². The summed E-state index contributed by atoms with van der Waals surface area (Å²) in [5, 5.41) is 15.6. The summed E-state index contributed by atoms with van der Waals surface area (Å²) in [6.45, 7) is 9.92. The molecule has 0 unspecified atom stereocenters. The Balaban J connectivity index is 0.882. The molecule has 0 aliphatic heterocycles. The molecule has 0 radical (unpaired) electrons. The highest BCUT2D eigenvalue weighted by atomic mass is 15.0. The van der Waals surface area contributed by atoms with Gasteiger partial charge in [0.1, 0.15) is 0 Å². The Bertz CT molecular complexity index is 4730. The van der Waals surface area contributed by atoms with Crippen molar-refractivity contribution in [1.29, 1.82) is 0 Å². The lowest BCUT2D eigenvalue weighted by Crippen LogP contribution is -2.24. The fourth-order valence-corrected chi connectivity index (χ4v) is 14.0. The number of fused-ring (bicyclic) bond motifs is 21. The second-order valence-electron chi connectivity index (χ2n) is 21.6. The number of benzene rings is 12. The molecule has 16 rings (SSSR count). The van der Waals surface area contributed by atoms with Crippen molar-refractivity contribution in [2.75, 3.05) is 0 Å². The quantitative estimate of drug-likeness (QED) is 0.156. The number of aromatic nitrogens is 2. The highest BCUT2D eigenvalue weighted by Gasteiger charge is 2.47. The summed E-state index contributed by atoms with van der Waals surface area (Å²) >= 11 is 0. The first kappa shape index (κ1) is 40.1. The smallest absolute Gasteiger partial charge is 0.0544 e. The predicted octanol–water partition coefficient (Wildman–Crippen LogP) is 18.8. The zero-order chi connectivity index (χ0) is 47.8. The van der Waals surface area contributed by atoms with Crippen molar-refractivity contribution in [3.8, 4) is 44.8 Å². The van der Waals surface area contributed by atoms with Gasteiger partial charge < -0.3 is 9.13 Å². The first-order valence-electron chi connectivity index (χ1n) is 25.5. The maximum atomic E-state index is 2.56. The fourth-order valence-electron chi connectivity index (χ4n) is 14.0. The van der Waals surface area contributed by atoms with Crippen molar-refractivity contribution < 1.29 is 0 Å². The van der Waals surface area contributed by atoms with Crippen molar-refractivity contribution in [3.63, 3.8) is 0 Å². The van der Waals surface area contributed by atoms with Gasteiger partial charge >= 0.3 is 0 Å². The molecule has 2 heterocycles. The lowest BCUT2D eigenvalue weighted by atomic mass is 9.72. The highest BCUT2D eigenvalue weighted by Crippen LogP contribution is 2.61. The van der Waals surface area contributed by atoms with Crippen molar-refractivity contribution in [3.05, 3.63) is 241 Å². The van der Waals surface area contributed by atoms with Crippen molar-refractivity contribution >= 4 is 86.7 Å². The van der Waals surface area contributed by atoms with Crippen LogP contribution in [0.3, 0.4) is 0 Å². The minimum atomic E-state index is -0.277. The van der Waals surface area contributed by atoms with Gasteiger partial charge in [-0.25, -0.2) is 0 Å². The Morgan fingerprint density at radius 1 is 0.278 bits per heavy atom. The SMILES string of the molecule is CC1(C)c2cc3c4ccccc4c4ccccc4c3cc2-c2ccc3c(c21)C(C)(C)c1cc(-n2c4ccccc4c4cc(-c5ccc6c(c5)c5ccccc5n6-c5ccccc5)ccc42)c2ccccc2c1-3. The number of rotatable bonds is 3. The van der Waals surface area contributed by atoms with Crippen LogP contribution in [0.4, 0.5) is 0 Å². The van der Waals surface area contributed by atoms with Crippen LogP contribution in [-0.2, 0) is 10.8 Å². The van der Waals surface area contributed by atoms with Gasteiger partial charge in [-0.3, -0.25) is 0 Å². The van der Waals surface area contributed by atoms with Crippen molar-refractivity contribution in [2.45, 2.75) is 38.5 Å². The first-order valence-corrected chi connectivity index (χ1v) is 25.5. The van der Waals surface area contributed by atoms with E-state index in [9.17, 15) is 0 Å². The first-order chi connectivity index (χ1) is 35.3. The second kappa shape index (κ2) is 14.0. The summed E-state index contributed by atoms with van der Waals surface area (Å²) in [6, 6.07) is 82.3. The molecule has 0 fully saturated rings. The van der Waals surface area contributed by atoms with E-state index in [4.69, 9.17) is 0 Å². The van der Waals surface area contributed by atoms with Crippen molar-refractivity contribution in [2.24, 2.45) is 0 Å². The van der Waals surface area contributed by atoms with Gasteiger partial charge in [-0.15, -0.1) is 0 Å². The Morgan fingerprint density at radius 3 is 1.35 bits per heavy atom. The average Bonchev–Trinajstić information content (AvgIpc) is 4.09. The third kappa shape index (κ3) is 5.08. The molecule has 2 aliphatic rings. The summed E-state index contributed by atoms with van der Waals surface area (Å²) in [5.41, 5.74) is 20.4. The van der Waals surface area contributed by atoms with Gasteiger partial charge in [0.05, 0.1) is 27.8 Å². The average molecular weight is 917 g/mol. The van der Waals surface area contributed by atoms with Gasteiger partial charge in [0, 0.05) is 43.4 Å². The van der Waals surface area contributed by atoms with E-state index in [0.29, 0.717) is 0 Å². The Morgan fingerprint density at radius 2 is 0.722 bits per heavy atom. The van der Waals surface area contributed by atoms with Crippen LogP contribution in [0, 0.1) is 0 Å². The standard InChI is InChI=1S/C70H48N2/c1-69(2)59-39-55-47-23-11-9-21-45(47)44-20-8-10-22-46(44)54(55)38-56(59)52-32-33-53-66-51-27-13-12-24-48(51)65(40-60(66)70(3,4)68(53)67(52)69)72-62-29-17-15-26-50(62)58-37-42(31-35-64(58)72)41-30-34-63-57(36-41)49-25-14-16-28-61(49)71(63)43-18-6-5-7-19-43/h5-40H,1-4H3. The highest BCUT2D eigenvalue weighted by molar-refractivity contribution is 6.26. The van der Waals surface area contributed by atoms with E-state index in [1.165, 1.54) is 154 Å². The summed E-state index contributed by atoms with van der Waals surface area (Å²) < 4.78 is 4.95. The largest absolute Gasteiger partial charge is 0.309 e. The van der Waals surface area contributed by atoms with E-state index in [-0.39, 0.29) is 10.8 Å². The Labute approximate surface area is 417 Å². The van der Waals surface area contributed by atoms with Gasteiger partial charge in [0.15, 0.2) is 0 Å². The number of hydrogen-bond donors (Lipinski definition) is 0. The van der Waals surface area contributed by atoms with Crippen LogP contribution in [0.1, 0.15) is 49.9 Å². The fraction of sp³-hybridized carbons (Fsp3) is 0.0857. The van der Waals surface area contributed by atoms with Gasteiger partial charge in [-0.05, 0) is 160 Å². The summed E-state index contributed by atoms with van der Waals surface area (Å²) in [5.74, 6) is 0. The van der Waals surface area contributed by atoms with E-state index in [1.807, 2.05) is 0 Å². The Hall–Kier alpha value is -8.72. The van der Waals surface area contributed by atoms with E-state index >= 15 is 0 Å². The van der Waals surface area contributed by atoms with Crippen LogP contribution in [-0.4, -0.2) is 9.13 Å². The maximum Gasteiger partial charge on any atom is 0.0544 e. The lowest BCUT2D eigenvalue weighted by Gasteiger charge is -2.31. The zero-order valence-corrected chi connectivity index (χ0v) is 40.7. The van der Waals surface area contributed by atoms with E-state index in [1.54, 1.807) is 0 Å². The summed E-state index contributed by atoms with van der Waals surface area (Å²) in [7, 11) is 0. The molecule has 12 aromatic carbocycles. The minimum Gasteiger partial charge on any atom is -0.309 e. The maximum absolute atomic E-state index is 2.56. The summed E-state index contributed by atoms with van der Waals surface area (Å²) in [4.78, 5) is 0. The van der Waals surface area contributed by atoms with Crippen LogP contribution >= 0.6 is 0 Å². The molecule has 72 heavy (non-hydrogen) atoms. The van der Waals surface area contributed by atoms with Crippen LogP contribution < -0.4 is 0 Å². The zero-order valence-electron chi connectivity index (χ0n) is 40.7. The summed E-state index contributed by atoms with van der Waals surface area (Å²) in [6.07, 6.45) is 0. The minimum absolute atomic E-state index is 0.219. The molecule has 0 N–H and O–H groups in total. The molecule has 0 saturated carbocycles. The lowest BCUT2D eigenvalue weighted by molar-refractivity contribution is 0.601. The molecule has 0 atom stereocenters. The third-order valence-electron chi connectivity index (χ3n) is 17.2. The molecular weight excluding hydrogens is 869 g/mol. The molecule has 0 bridgehead atoms. The third-order valence-corrected chi connectivity index (χ3v) is 17.2. The molecule has 2 nitrogen and oxygen atoms in total. The molecule has 2 aliphatic carbocycles. The van der Waals surface area contributed by atoms with Crippen LogP contribution in [0.25, 0.3) is 131 Å². The second-order valence-corrected chi connectivity index (χ2v) is 21.6. The molecular formula is C70H48N2. The molecule has 2 aromatic heterocycles. The number of nitrogens with zero attached hydrogens (tertiary/aromatic N) is 2. The monoisotopic (exact) mass is 916 g/mol. The van der Waals surface area contributed by atoms with E-state index in [2.05, 4.69) is 255 Å². The van der Waals surface area contributed by atoms with Crippen LogP contribution in [0.15, 0.2) is 218 Å². The number of para-hydroxylation sites is 3. The van der Waals surface area contributed by atoms with Gasteiger partial charge in [-0.1, -0.05) is 179 Å². The van der Waals surface area contributed by atoms with Crippen molar-refractivity contribution in [1.82, 2.24) is 9.13 Å². The van der Waals surface area contributed by atoms with Gasteiger partial charge in [0.25, 0.3) is 0 Å². The molecule has 0 amide bonds. The molecule has 0 spiro atoms. The Kier molecular flexibility index (Phi) is 7.78.